The smallest absolute Gasteiger partial charge is 0.225 e. The molecule has 0 spiro atoms. The van der Waals surface area contributed by atoms with Crippen molar-refractivity contribution < 1.29 is 4.79 Å². The standard InChI is InChI=1S/C19H24N2O/c1-19(2,3)18(22)21-14-17(16-7-5-4-6-8-16)13-15-9-11-20-12-10-15/h4-12,17H,13-14H2,1-3H3,(H,21,22). The second-order valence-electron chi connectivity index (χ2n) is 6.63. The van der Waals surface area contributed by atoms with Crippen molar-refractivity contribution in [1.82, 2.24) is 10.3 Å². The van der Waals surface area contributed by atoms with Crippen LogP contribution in [-0.4, -0.2) is 17.4 Å². The maximum Gasteiger partial charge on any atom is 0.225 e. The second kappa shape index (κ2) is 7.21. The van der Waals surface area contributed by atoms with Gasteiger partial charge in [-0.05, 0) is 29.7 Å². The molecule has 0 saturated heterocycles. The van der Waals surface area contributed by atoms with Crippen molar-refractivity contribution >= 4 is 5.91 Å². The van der Waals surface area contributed by atoms with E-state index in [0.29, 0.717) is 6.54 Å². The van der Waals surface area contributed by atoms with E-state index in [1.54, 1.807) is 0 Å². The topological polar surface area (TPSA) is 42.0 Å². The third-order valence-corrected chi connectivity index (χ3v) is 3.69. The van der Waals surface area contributed by atoms with Gasteiger partial charge in [-0.1, -0.05) is 51.1 Å². The van der Waals surface area contributed by atoms with E-state index in [2.05, 4.69) is 22.4 Å². The third kappa shape index (κ3) is 4.69. The lowest BCUT2D eigenvalue weighted by atomic mass is 9.91. The first-order valence-corrected chi connectivity index (χ1v) is 7.69. The van der Waals surface area contributed by atoms with Gasteiger partial charge in [0.05, 0.1) is 0 Å². The summed E-state index contributed by atoms with van der Waals surface area (Å²) in [5, 5.41) is 3.09. The molecule has 3 nitrogen and oxygen atoms in total. The molecule has 1 unspecified atom stereocenters. The van der Waals surface area contributed by atoms with Gasteiger partial charge in [-0.3, -0.25) is 9.78 Å². The summed E-state index contributed by atoms with van der Waals surface area (Å²) in [6.07, 6.45) is 4.51. The van der Waals surface area contributed by atoms with E-state index in [4.69, 9.17) is 0 Å². The van der Waals surface area contributed by atoms with Crippen LogP contribution in [0.1, 0.15) is 37.8 Å². The van der Waals surface area contributed by atoms with Gasteiger partial charge < -0.3 is 5.32 Å². The Hall–Kier alpha value is -2.16. The van der Waals surface area contributed by atoms with Gasteiger partial charge in [-0.25, -0.2) is 0 Å². The van der Waals surface area contributed by atoms with Gasteiger partial charge >= 0.3 is 0 Å². The van der Waals surface area contributed by atoms with Gasteiger partial charge in [0.1, 0.15) is 0 Å². The monoisotopic (exact) mass is 296 g/mol. The normalized spacial score (nSPS) is 12.7. The van der Waals surface area contributed by atoms with E-state index in [9.17, 15) is 4.79 Å². The highest BCUT2D eigenvalue weighted by Gasteiger charge is 2.22. The summed E-state index contributed by atoms with van der Waals surface area (Å²) in [5.74, 6) is 0.345. The molecule has 0 aliphatic heterocycles. The van der Waals surface area contributed by atoms with Crippen molar-refractivity contribution in [2.45, 2.75) is 33.1 Å². The molecule has 2 aromatic rings. The third-order valence-electron chi connectivity index (χ3n) is 3.69. The number of hydrogen-bond acceptors (Lipinski definition) is 2. The first-order valence-electron chi connectivity index (χ1n) is 7.69. The first-order chi connectivity index (χ1) is 10.5. The number of carbonyl (C=O) groups is 1. The van der Waals surface area contributed by atoms with E-state index in [-0.39, 0.29) is 17.2 Å². The molecule has 0 saturated carbocycles. The molecule has 1 atom stereocenters. The molecule has 116 valence electrons. The molecular weight excluding hydrogens is 272 g/mol. The number of rotatable bonds is 5. The lowest BCUT2D eigenvalue weighted by Gasteiger charge is -2.22. The molecule has 1 N–H and O–H groups in total. The summed E-state index contributed by atoms with van der Waals surface area (Å²) in [7, 11) is 0. The molecule has 1 aromatic heterocycles. The SMILES string of the molecule is CC(C)(C)C(=O)NCC(Cc1ccncc1)c1ccccc1. The molecule has 0 bridgehead atoms. The minimum atomic E-state index is -0.363. The summed E-state index contributed by atoms with van der Waals surface area (Å²) in [5.41, 5.74) is 2.11. The Morgan fingerprint density at radius 2 is 1.73 bits per heavy atom. The van der Waals surface area contributed by atoms with Crippen LogP contribution in [0.2, 0.25) is 0 Å². The van der Waals surface area contributed by atoms with Crippen LogP contribution in [-0.2, 0) is 11.2 Å². The number of nitrogens with one attached hydrogen (secondary N) is 1. The minimum absolute atomic E-state index is 0.0863. The van der Waals surface area contributed by atoms with Crippen LogP contribution >= 0.6 is 0 Å². The molecule has 1 aromatic carbocycles. The fourth-order valence-corrected chi connectivity index (χ4v) is 2.32. The van der Waals surface area contributed by atoms with Crippen molar-refractivity contribution in [1.29, 1.82) is 0 Å². The van der Waals surface area contributed by atoms with E-state index in [1.165, 1.54) is 11.1 Å². The first kappa shape index (κ1) is 16.2. The van der Waals surface area contributed by atoms with Crippen molar-refractivity contribution in [3.63, 3.8) is 0 Å². The van der Waals surface area contributed by atoms with Gasteiger partial charge in [0.15, 0.2) is 0 Å². The molecule has 0 radical (unpaired) electrons. The predicted molar refractivity (Wildman–Crippen MR) is 89.6 cm³/mol. The molecule has 0 aliphatic rings. The number of pyridine rings is 1. The number of benzene rings is 1. The summed E-state index contributed by atoms with van der Waals surface area (Å²) < 4.78 is 0. The quantitative estimate of drug-likeness (QED) is 0.916. The summed E-state index contributed by atoms with van der Waals surface area (Å²) in [6, 6.07) is 14.4. The van der Waals surface area contributed by atoms with E-state index < -0.39 is 0 Å². The van der Waals surface area contributed by atoms with Crippen molar-refractivity contribution in [2.75, 3.05) is 6.54 Å². The maximum absolute atomic E-state index is 12.1. The van der Waals surface area contributed by atoms with Crippen molar-refractivity contribution in [2.24, 2.45) is 5.41 Å². The Balaban J connectivity index is 2.11. The lowest BCUT2D eigenvalue weighted by molar-refractivity contribution is -0.128. The largest absolute Gasteiger partial charge is 0.355 e. The fraction of sp³-hybridized carbons (Fsp3) is 0.368. The molecule has 0 fully saturated rings. The van der Waals surface area contributed by atoms with Gasteiger partial charge in [-0.15, -0.1) is 0 Å². The number of hydrogen-bond donors (Lipinski definition) is 1. The summed E-state index contributed by atoms with van der Waals surface area (Å²) in [6.45, 7) is 6.44. The van der Waals surface area contributed by atoms with E-state index >= 15 is 0 Å². The lowest BCUT2D eigenvalue weighted by Crippen LogP contribution is -2.37. The van der Waals surface area contributed by atoms with Gasteiger partial charge in [0.2, 0.25) is 5.91 Å². The molecule has 22 heavy (non-hydrogen) atoms. The molecular formula is C19H24N2O. The van der Waals surface area contributed by atoms with E-state index in [0.717, 1.165) is 6.42 Å². The summed E-state index contributed by atoms with van der Waals surface area (Å²) in [4.78, 5) is 16.2. The van der Waals surface area contributed by atoms with Crippen LogP contribution in [0, 0.1) is 5.41 Å². The van der Waals surface area contributed by atoms with Gasteiger partial charge in [-0.2, -0.15) is 0 Å². The highest BCUT2D eigenvalue weighted by Crippen LogP contribution is 2.21. The van der Waals surface area contributed by atoms with Crippen LogP contribution in [0.3, 0.4) is 0 Å². The Labute approximate surface area is 132 Å². The van der Waals surface area contributed by atoms with Gasteiger partial charge in [0, 0.05) is 30.3 Å². The van der Waals surface area contributed by atoms with Gasteiger partial charge in [0.25, 0.3) is 0 Å². The fourth-order valence-electron chi connectivity index (χ4n) is 2.32. The molecule has 3 heteroatoms. The summed E-state index contributed by atoms with van der Waals surface area (Å²) >= 11 is 0. The highest BCUT2D eigenvalue weighted by atomic mass is 16.2. The van der Waals surface area contributed by atoms with Crippen LogP contribution < -0.4 is 5.32 Å². The van der Waals surface area contributed by atoms with Crippen LogP contribution in [0.4, 0.5) is 0 Å². The zero-order valence-electron chi connectivity index (χ0n) is 13.5. The Kier molecular flexibility index (Phi) is 5.31. The van der Waals surface area contributed by atoms with Crippen LogP contribution in [0.5, 0.6) is 0 Å². The number of carbonyl (C=O) groups excluding carboxylic acids is 1. The second-order valence-corrected chi connectivity index (χ2v) is 6.63. The average molecular weight is 296 g/mol. The zero-order chi connectivity index (χ0) is 16.0. The molecule has 0 aliphatic carbocycles. The Morgan fingerprint density at radius 3 is 2.32 bits per heavy atom. The minimum Gasteiger partial charge on any atom is -0.355 e. The van der Waals surface area contributed by atoms with Crippen LogP contribution in [0.25, 0.3) is 0 Å². The molecule has 1 amide bonds. The molecule has 1 heterocycles. The average Bonchev–Trinajstić information content (AvgIpc) is 2.52. The van der Waals surface area contributed by atoms with Crippen molar-refractivity contribution in [3.05, 3.63) is 66.0 Å². The molecule has 2 rings (SSSR count). The Morgan fingerprint density at radius 1 is 1.09 bits per heavy atom. The van der Waals surface area contributed by atoms with Crippen LogP contribution in [0.15, 0.2) is 54.9 Å². The maximum atomic E-state index is 12.1. The Bertz CT molecular complexity index is 588. The number of amides is 1. The number of nitrogens with zero attached hydrogens (tertiary/aromatic N) is 1. The zero-order valence-corrected chi connectivity index (χ0v) is 13.5. The highest BCUT2D eigenvalue weighted by molar-refractivity contribution is 5.81. The van der Waals surface area contributed by atoms with E-state index in [1.807, 2.05) is 63.5 Å². The predicted octanol–water partition coefficient (Wildman–Crippen LogP) is 3.57. The number of aromatic nitrogens is 1. The van der Waals surface area contributed by atoms with Crippen molar-refractivity contribution in [3.8, 4) is 0 Å².